The van der Waals surface area contributed by atoms with Gasteiger partial charge in [-0.05, 0) is 73.6 Å². The molecule has 1 aromatic rings. The van der Waals surface area contributed by atoms with Crippen LogP contribution in [-0.2, 0) is 11.2 Å². The van der Waals surface area contributed by atoms with Gasteiger partial charge < -0.3 is 11.1 Å². The van der Waals surface area contributed by atoms with Gasteiger partial charge in [0.2, 0.25) is 5.91 Å². The molecule has 3 aliphatic rings. The Hall–Kier alpha value is -0.770. The van der Waals surface area contributed by atoms with E-state index in [4.69, 9.17) is 17.3 Å². The largest absolute Gasteiger partial charge is 0.349 e. The number of carbonyl (C=O) groups is 1. The van der Waals surface area contributed by atoms with Crippen molar-refractivity contribution < 1.29 is 4.79 Å². The molecule has 24 heavy (non-hydrogen) atoms. The number of carbonyl (C=O) groups excluding carboxylic acids is 1. The molecule has 3 nitrogen and oxygen atoms in total. The van der Waals surface area contributed by atoms with E-state index in [1.165, 1.54) is 30.4 Å². The highest BCUT2D eigenvalue weighted by Crippen LogP contribution is 2.42. The average Bonchev–Trinajstić information content (AvgIpc) is 2.89. The van der Waals surface area contributed by atoms with Crippen LogP contribution in [0.4, 0.5) is 0 Å². The molecular weight excluding hydrogens is 343 g/mol. The topological polar surface area (TPSA) is 55.1 Å². The number of nitrogens with two attached hydrogens (primary N) is 1. The Bertz CT molecular complexity index is 607. The maximum absolute atomic E-state index is 12.8. The fraction of sp³-hybridized carbons (Fsp3) is 0.632. The van der Waals surface area contributed by atoms with Crippen LogP contribution in [0.5, 0.6) is 0 Å². The Morgan fingerprint density at radius 2 is 1.88 bits per heavy atom. The van der Waals surface area contributed by atoms with E-state index in [1.54, 1.807) is 0 Å². The zero-order chi connectivity index (χ0) is 16.0. The molecule has 3 N–H and O–H groups in total. The predicted octanol–water partition coefficient (Wildman–Crippen LogP) is 4.02. The smallest absolute Gasteiger partial charge is 0.223 e. The van der Waals surface area contributed by atoms with Crippen molar-refractivity contribution >= 4 is 29.9 Å². The van der Waals surface area contributed by atoms with Crippen molar-refractivity contribution in [1.29, 1.82) is 0 Å². The zero-order valence-corrected chi connectivity index (χ0v) is 15.4. The highest BCUT2D eigenvalue weighted by Gasteiger charge is 2.41. The number of aryl methyl sites for hydroxylation is 1. The number of amides is 1. The minimum absolute atomic E-state index is 0. The van der Waals surface area contributed by atoms with Gasteiger partial charge in [0.05, 0.1) is 6.04 Å². The Morgan fingerprint density at radius 3 is 2.58 bits per heavy atom. The van der Waals surface area contributed by atoms with E-state index in [-0.39, 0.29) is 30.3 Å². The van der Waals surface area contributed by atoms with Gasteiger partial charge in [-0.2, -0.15) is 0 Å². The number of rotatable bonds is 2. The minimum Gasteiger partial charge on any atom is -0.349 e. The third-order valence-electron chi connectivity index (χ3n) is 6.28. The number of hydrogen-bond acceptors (Lipinski definition) is 2. The monoisotopic (exact) mass is 368 g/mol. The summed E-state index contributed by atoms with van der Waals surface area (Å²) in [6.45, 7) is 0. The van der Waals surface area contributed by atoms with Gasteiger partial charge in [-0.25, -0.2) is 0 Å². The first kappa shape index (κ1) is 18.0. The van der Waals surface area contributed by atoms with Crippen LogP contribution < -0.4 is 11.1 Å². The highest BCUT2D eigenvalue weighted by atomic mass is 35.5. The van der Waals surface area contributed by atoms with Crippen molar-refractivity contribution in [3.8, 4) is 0 Å². The summed E-state index contributed by atoms with van der Waals surface area (Å²) >= 11 is 6.07. The van der Waals surface area contributed by atoms with E-state index < -0.39 is 0 Å². The second-order valence-electron chi connectivity index (χ2n) is 7.64. The second-order valence-corrected chi connectivity index (χ2v) is 8.08. The standard InChI is InChI=1S/C19H25ClN2O.ClH/c20-15-5-6-16-11(10-15)4-7-17(16)22-19(23)14-8-12-2-1-3-13(9-14)18(12)21;/h5-6,10,12-14,17-18H,1-4,7-9,21H2,(H,22,23);1H. The number of nitrogens with one attached hydrogen (secondary N) is 1. The molecule has 3 unspecified atom stereocenters. The maximum Gasteiger partial charge on any atom is 0.223 e. The minimum atomic E-state index is 0. The summed E-state index contributed by atoms with van der Waals surface area (Å²) in [5.41, 5.74) is 8.87. The molecule has 2 bridgehead atoms. The van der Waals surface area contributed by atoms with Crippen LogP contribution in [0.3, 0.4) is 0 Å². The van der Waals surface area contributed by atoms with Crippen molar-refractivity contribution in [3.05, 3.63) is 34.3 Å². The number of hydrogen-bond donors (Lipinski definition) is 2. The van der Waals surface area contributed by atoms with Gasteiger partial charge in [-0.1, -0.05) is 24.1 Å². The molecule has 5 heteroatoms. The molecule has 2 fully saturated rings. The van der Waals surface area contributed by atoms with Crippen LogP contribution in [0.15, 0.2) is 18.2 Å². The lowest BCUT2D eigenvalue weighted by Gasteiger charge is -2.43. The molecule has 1 amide bonds. The number of benzene rings is 1. The van der Waals surface area contributed by atoms with Gasteiger partial charge in [0.1, 0.15) is 0 Å². The normalized spacial score (nSPS) is 34.2. The van der Waals surface area contributed by atoms with Crippen LogP contribution >= 0.6 is 24.0 Å². The molecule has 0 aliphatic heterocycles. The fourth-order valence-electron chi connectivity index (χ4n) is 5.03. The Balaban J connectivity index is 0.00000169. The van der Waals surface area contributed by atoms with Gasteiger partial charge in [-0.3, -0.25) is 4.79 Å². The van der Waals surface area contributed by atoms with Crippen molar-refractivity contribution in [2.75, 3.05) is 0 Å². The van der Waals surface area contributed by atoms with Crippen LogP contribution in [0.25, 0.3) is 0 Å². The molecule has 3 atom stereocenters. The van der Waals surface area contributed by atoms with Crippen molar-refractivity contribution in [3.63, 3.8) is 0 Å². The molecule has 0 saturated heterocycles. The molecule has 4 rings (SSSR count). The predicted molar refractivity (Wildman–Crippen MR) is 99.4 cm³/mol. The zero-order valence-electron chi connectivity index (χ0n) is 13.8. The van der Waals surface area contributed by atoms with Gasteiger partial charge >= 0.3 is 0 Å². The van der Waals surface area contributed by atoms with E-state index in [0.717, 1.165) is 30.7 Å². The SMILES string of the molecule is Cl.NC1C2CCCC1CC(C(=O)NC1CCc3cc(Cl)ccc31)C2. The molecule has 1 aromatic carbocycles. The van der Waals surface area contributed by atoms with Crippen LogP contribution in [0.1, 0.15) is 55.7 Å². The van der Waals surface area contributed by atoms with Gasteiger partial charge in [0.25, 0.3) is 0 Å². The first-order valence-electron chi connectivity index (χ1n) is 8.96. The molecule has 0 radical (unpaired) electrons. The number of fused-ring (bicyclic) bond motifs is 3. The van der Waals surface area contributed by atoms with Gasteiger partial charge in [0.15, 0.2) is 0 Å². The first-order chi connectivity index (χ1) is 11.1. The van der Waals surface area contributed by atoms with E-state index in [9.17, 15) is 4.79 Å². The summed E-state index contributed by atoms with van der Waals surface area (Å²) < 4.78 is 0. The summed E-state index contributed by atoms with van der Waals surface area (Å²) in [6, 6.07) is 6.51. The fourth-order valence-corrected chi connectivity index (χ4v) is 5.22. The molecule has 0 heterocycles. The van der Waals surface area contributed by atoms with Gasteiger partial charge in [-0.15, -0.1) is 12.4 Å². The lowest BCUT2D eigenvalue weighted by atomic mass is 9.65. The summed E-state index contributed by atoms with van der Waals surface area (Å²) in [4.78, 5) is 12.8. The third-order valence-corrected chi connectivity index (χ3v) is 6.52. The van der Waals surface area contributed by atoms with E-state index in [1.807, 2.05) is 12.1 Å². The van der Waals surface area contributed by atoms with Crippen molar-refractivity contribution in [2.45, 2.75) is 57.0 Å². The van der Waals surface area contributed by atoms with Crippen LogP contribution in [0, 0.1) is 17.8 Å². The Kier molecular flexibility index (Phi) is 5.43. The number of halogens is 2. The van der Waals surface area contributed by atoms with Crippen molar-refractivity contribution in [1.82, 2.24) is 5.32 Å². The molecular formula is C19H26Cl2N2O. The Labute approximate surface area is 155 Å². The quantitative estimate of drug-likeness (QED) is 0.827. The average molecular weight is 369 g/mol. The lowest BCUT2D eigenvalue weighted by molar-refractivity contribution is -0.128. The van der Waals surface area contributed by atoms with Crippen molar-refractivity contribution in [2.24, 2.45) is 23.5 Å². The summed E-state index contributed by atoms with van der Waals surface area (Å²) in [7, 11) is 0. The maximum atomic E-state index is 12.8. The molecule has 0 spiro atoms. The molecule has 132 valence electrons. The Morgan fingerprint density at radius 1 is 1.17 bits per heavy atom. The van der Waals surface area contributed by atoms with Crippen LogP contribution in [0.2, 0.25) is 5.02 Å². The lowest BCUT2D eigenvalue weighted by Crippen LogP contribution is -2.49. The first-order valence-corrected chi connectivity index (χ1v) is 9.34. The summed E-state index contributed by atoms with van der Waals surface area (Å²) in [5, 5.41) is 4.09. The van der Waals surface area contributed by atoms with E-state index in [0.29, 0.717) is 17.9 Å². The highest BCUT2D eigenvalue weighted by molar-refractivity contribution is 6.30. The summed E-state index contributed by atoms with van der Waals surface area (Å²) in [5.74, 6) is 1.49. The van der Waals surface area contributed by atoms with E-state index in [2.05, 4.69) is 11.4 Å². The third kappa shape index (κ3) is 3.31. The van der Waals surface area contributed by atoms with E-state index >= 15 is 0 Å². The molecule has 0 aromatic heterocycles. The van der Waals surface area contributed by atoms with Gasteiger partial charge in [0, 0.05) is 17.0 Å². The second kappa shape index (κ2) is 7.23. The van der Waals surface area contributed by atoms with Crippen LogP contribution in [-0.4, -0.2) is 11.9 Å². The molecule has 2 saturated carbocycles. The molecule has 3 aliphatic carbocycles. The summed E-state index contributed by atoms with van der Waals surface area (Å²) in [6.07, 6.45) is 7.63.